The zero-order valence-corrected chi connectivity index (χ0v) is 16.8. The second-order valence-corrected chi connectivity index (χ2v) is 6.78. The summed E-state index contributed by atoms with van der Waals surface area (Å²) < 4.78 is 0. The number of hydrogen-bond acceptors (Lipinski definition) is 8. The number of amides is 4. The lowest BCUT2D eigenvalue weighted by Gasteiger charge is -2.23. The highest BCUT2D eigenvalue weighted by Gasteiger charge is 2.30. The van der Waals surface area contributed by atoms with Crippen LogP contribution in [0.25, 0.3) is 0 Å². The average molecular weight is 441 g/mol. The van der Waals surface area contributed by atoms with Crippen molar-refractivity contribution < 1.29 is 34.2 Å². The fourth-order valence-electron chi connectivity index (χ4n) is 2.41. The van der Waals surface area contributed by atoms with Gasteiger partial charge in [0.15, 0.2) is 0 Å². The molecular formula is C17H27N7O7. The van der Waals surface area contributed by atoms with E-state index in [4.69, 9.17) is 11.5 Å². The molecule has 31 heavy (non-hydrogen) atoms. The molecule has 14 heteroatoms. The van der Waals surface area contributed by atoms with Gasteiger partial charge in [0, 0.05) is 24.7 Å². The summed E-state index contributed by atoms with van der Waals surface area (Å²) in [4.78, 5) is 65.7. The summed E-state index contributed by atoms with van der Waals surface area (Å²) in [5, 5.41) is 25.6. The van der Waals surface area contributed by atoms with Gasteiger partial charge >= 0.3 is 5.97 Å². The van der Waals surface area contributed by atoms with Crippen molar-refractivity contribution in [3.63, 3.8) is 0 Å². The van der Waals surface area contributed by atoms with Gasteiger partial charge in [0.25, 0.3) is 0 Å². The minimum atomic E-state index is -1.51. The molecule has 10 N–H and O–H groups in total. The summed E-state index contributed by atoms with van der Waals surface area (Å²) in [5.41, 5.74) is 11.0. The van der Waals surface area contributed by atoms with Gasteiger partial charge in [-0.15, -0.1) is 0 Å². The smallest absolute Gasteiger partial charge is 0.326 e. The van der Waals surface area contributed by atoms with Gasteiger partial charge in [0.05, 0.1) is 19.0 Å². The quantitative estimate of drug-likeness (QED) is 0.149. The molecule has 1 heterocycles. The van der Waals surface area contributed by atoms with E-state index in [-0.39, 0.29) is 19.3 Å². The van der Waals surface area contributed by atoms with Gasteiger partial charge in [-0.3, -0.25) is 19.2 Å². The van der Waals surface area contributed by atoms with Crippen molar-refractivity contribution in [1.29, 1.82) is 0 Å². The minimum Gasteiger partial charge on any atom is -0.480 e. The monoisotopic (exact) mass is 441 g/mol. The SMILES string of the molecule is CC(N)C(=O)NC(CCC(N)=O)C(=O)NC(CO)C(=O)NC(Cc1cnc[nH]1)C(=O)O. The van der Waals surface area contributed by atoms with Crippen LogP contribution in [-0.2, 0) is 30.4 Å². The molecule has 0 aliphatic heterocycles. The highest BCUT2D eigenvalue weighted by molar-refractivity contribution is 5.94. The van der Waals surface area contributed by atoms with E-state index in [1.165, 1.54) is 19.4 Å². The first-order valence-electron chi connectivity index (χ1n) is 9.31. The number of nitrogens with two attached hydrogens (primary N) is 2. The topological polar surface area (TPSA) is 243 Å². The van der Waals surface area contributed by atoms with Gasteiger partial charge in [-0.2, -0.15) is 0 Å². The van der Waals surface area contributed by atoms with E-state index in [1.807, 2.05) is 0 Å². The summed E-state index contributed by atoms with van der Waals surface area (Å²) in [6.45, 7) is 0.534. The molecular weight excluding hydrogens is 414 g/mol. The van der Waals surface area contributed by atoms with E-state index in [2.05, 4.69) is 25.9 Å². The molecule has 1 aromatic rings. The maximum Gasteiger partial charge on any atom is 0.326 e. The van der Waals surface area contributed by atoms with Crippen LogP contribution in [0.2, 0.25) is 0 Å². The zero-order valence-electron chi connectivity index (χ0n) is 16.8. The van der Waals surface area contributed by atoms with Crippen molar-refractivity contribution in [1.82, 2.24) is 25.9 Å². The number of primary amides is 1. The zero-order chi connectivity index (χ0) is 23.6. The highest BCUT2D eigenvalue weighted by Crippen LogP contribution is 2.02. The van der Waals surface area contributed by atoms with E-state index in [0.717, 1.165) is 0 Å². The summed E-state index contributed by atoms with van der Waals surface area (Å²) in [6.07, 6.45) is 2.21. The number of aliphatic hydroxyl groups is 1. The van der Waals surface area contributed by atoms with E-state index >= 15 is 0 Å². The fourth-order valence-corrected chi connectivity index (χ4v) is 2.41. The van der Waals surface area contributed by atoms with Gasteiger partial charge in [0.2, 0.25) is 23.6 Å². The number of aromatic amines is 1. The first kappa shape index (κ1) is 25.5. The number of aliphatic hydroxyl groups excluding tert-OH is 1. The summed E-state index contributed by atoms with van der Waals surface area (Å²) >= 11 is 0. The molecule has 0 saturated carbocycles. The van der Waals surface area contributed by atoms with Crippen molar-refractivity contribution in [2.75, 3.05) is 6.61 Å². The maximum absolute atomic E-state index is 12.5. The number of imidazole rings is 1. The Kier molecular flexibility index (Phi) is 10.1. The first-order chi connectivity index (χ1) is 14.5. The molecule has 0 aliphatic carbocycles. The molecule has 0 fully saturated rings. The fraction of sp³-hybridized carbons (Fsp3) is 0.529. The Morgan fingerprint density at radius 1 is 1.06 bits per heavy atom. The second-order valence-electron chi connectivity index (χ2n) is 6.78. The molecule has 0 bridgehead atoms. The van der Waals surface area contributed by atoms with Crippen molar-refractivity contribution in [2.24, 2.45) is 11.5 Å². The Labute approximate surface area is 177 Å². The molecule has 4 atom stereocenters. The van der Waals surface area contributed by atoms with Crippen molar-refractivity contribution >= 4 is 29.6 Å². The number of carboxylic acids is 1. The van der Waals surface area contributed by atoms with Gasteiger partial charge in [-0.1, -0.05) is 0 Å². The third kappa shape index (κ3) is 8.79. The van der Waals surface area contributed by atoms with Crippen LogP contribution in [0.1, 0.15) is 25.5 Å². The Morgan fingerprint density at radius 3 is 2.13 bits per heavy atom. The van der Waals surface area contributed by atoms with Crippen molar-refractivity contribution in [2.45, 2.75) is 50.4 Å². The number of carbonyl (C=O) groups is 5. The van der Waals surface area contributed by atoms with Gasteiger partial charge < -0.3 is 42.6 Å². The van der Waals surface area contributed by atoms with Crippen LogP contribution in [-0.4, -0.2) is 80.6 Å². The Hall–Kier alpha value is -3.52. The van der Waals surface area contributed by atoms with E-state index in [1.54, 1.807) is 0 Å². The van der Waals surface area contributed by atoms with E-state index in [9.17, 15) is 34.2 Å². The largest absolute Gasteiger partial charge is 0.480 e. The molecule has 172 valence electrons. The second kappa shape index (κ2) is 12.2. The Bertz CT molecular complexity index is 782. The first-order valence-corrected chi connectivity index (χ1v) is 9.31. The minimum absolute atomic E-state index is 0.112. The van der Waals surface area contributed by atoms with Crippen LogP contribution in [0.15, 0.2) is 12.5 Å². The summed E-state index contributed by atoms with van der Waals surface area (Å²) in [5.74, 6) is -4.58. The lowest BCUT2D eigenvalue weighted by atomic mass is 10.1. The number of carboxylic acid groups (broad SMARTS) is 1. The van der Waals surface area contributed by atoms with Crippen LogP contribution in [0, 0.1) is 0 Å². The average Bonchev–Trinajstić information content (AvgIpc) is 3.20. The van der Waals surface area contributed by atoms with Crippen molar-refractivity contribution in [3.05, 3.63) is 18.2 Å². The van der Waals surface area contributed by atoms with Crippen LogP contribution in [0.5, 0.6) is 0 Å². The third-order valence-electron chi connectivity index (χ3n) is 4.13. The highest BCUT2D eigenvalue weighted by atomic mass is 16.4. The molecule has 4 amide bonds. The Morgan fingerprint density at radius 2 is 1.65 bits per heavy atom. The van der Waals surface area contributed by atoms with Gasteiger partial charge in [-0.05, 0) is 13.3 Å². The van der Waals surface area contributed by atoms with Gasteiger partial charge in [-0.25, -0.2) is 9.78 Å². The lowest BCUT2D eigenvalue weighted by molar-refractivity contribution is -0.142. The lowest BCUT2D eigenvalue weighted by Crippen LogP contribution is -2.58. The molecule has 0 radical (unpaired) electrons. The van der Waals surface area contributed by atoms with Crippen LogP contribution in [0.4, 0.5) is 0 Å². The standard InChI is InChI=1S/C17H27N7O7/c1-8(18)14(27)22-10(2-3-13(19)26)15(28)24-12(6-25)16(29)23-11(17(30)31)4-9-5-20-7-21-9/h5,7-8,10-12,25H,2-4,6,18H2,1H3,(H2,19,26)(H,20,21)(H,22,27)(H,23,29)(H,24,28)(H,30,31). The van der Waals surface area contributed by atoms with Crippen molar-refractivity contribution in [3.8, 4) is 0 Å². The molecule has 0 spiro atoms. The number of nitrogens with one attached hydrogen (secondary N) is 4. The van der Waals surface area contributed by atoms with E-state index < -0.39 is 60.4 Å². The molecule has 0 aliphatic rings. The number of hydrogen-bond donors (Lipinski definition) is 8. The normalized spacial score (nSPS) is 14.5. The van der Waals surface area contributed by atoms with Crippen LogP contribution in [0.3, 0.4) is 0 Å². The molecule has 1 rings (SSSR count). The van der Waals surface area contributed by atoms with E-state index in [0.29, 0.717) is 5.69 Å². The predicted octanol–water partition coefficient (Wildman–Crippen LogP) is -3.90. The molecule has 1 aromatic heterocycles. The molecule has 14 nitrogen and oxygen atoms in total. The number of carbonyl (C=O) groups excluding carboxylic acids is 4. The number of aliphatic carboxylic acids is 1. The third-order valence-corrected chi connectivity index (χ3v) is 4.13. The van der Waals surface area contributed by atoms with Crippen LogP contribution >= 0.6 is 0 Å². The maximum atomic E-state index is 12.5. The number of aromatic nitrogens is 2. The number of rotatable bonds is 13. The molecule has 0 aromatic carbocycles. The summed E-state index contributed by atoms with van der Waals surface area (Å²) in [7, 11) is 0. The van der Waals surface area contributed by atoms with Gasteiger partial charge in [0.1, 0.15) is 18.1 Å². The van der Waals surface area contributed by atoms with Crippen LogP contribution < -0.4 is 27.4 Å². The summed E-state index contributed by atoms with van der Waals surface area (Å²) in [6, 6.07) is -5.07. The Balaban J connectivity index is 2.83. The number of nitrogens with zero attached hydrogens (tertiary/aromatic N) is 1. The number of H-pyrrole nitrogens is 1. The predicted molar refractivity (Wildman–Crippen MR) is 105 cm³/mol. The molecule has 0 saturated heterocycles. The molecule has 4 unspecified atom stereocenters.